The third-order valence-electron chi connectivity index (χ3n) is 5.33. The van der Waals surface area contributed by atoms with E-state index in [2.05, 4.69) is 32.2 Å². The highest BCUT2D eigenvalue weighted by molar-refractivity contribution is 6.05. The summed E-state index contributed by atoms with van der Waals surface area (Å²) >= 11 is 0. The lowest BCUT2D eigenvalue weighted by Gasteiger charge is -2.10. The molecule has 0 spiro atoms. The second-order valence-electron chi connectivity index (χ2n) is 8.22. The van der Waals surface area contributed by atoms with Gasteiger partial charge < -0.3 is 10.3 Å². The smallest absolute Gasteiger partial charge is 0.253 e. The first-order chi connectivity index (χ1) is 15.8. The number of carbonyl (C=O) groups excluding carboxylic acids is 1. The van der Waals surface area contributed by atoms with E-state index >= 15 is 0 Å². The molecule has 0 bridgehead atoms. The molecule has 0 saturated carbocycles. The predicted octanol–water partition coefficient (Wildman–Crippen LogP) is 3.65. The van der Waals surface area contributed by atoms with Crippen LogP contribution in [-0.4, -0.2) is 25.7 Å². The number of nitrogens with zero attached hydrogens (tertiary/aromatic N) is 3. The van der Waals surface area contributed by atoms with Gasteiger partial charge in [-0.05, 0) is 63.4 Å². The summed E-state index contributed by atoms with van der Waals surface area (Å²) in [5.74, 6) is 5.84. The van der Waals surface area contributed by atoms with Crippen LogP contribution in [0.1, 0.15) is 58.3 Å². The molecule has 0 radical (unpaired) electrons. The summed E-state index contributed by atoms with van der Waals surface area (Å²) in [6, 6.07) is 13.2. The lowest BCUT2D eigenvalue weighted by molar-refractivity contribution is 0.0952. The molecule has 0 atom stereocenters. The van der Waals surface area contributed by atoms with E-state index < -0.39 is 0 Å². The Labute approximate surface area is 191 Å². The summed E-state index contributed by atoms with van der Waals surface area (Å²) in [4.78, 5) is 33.0. The average Bonchev–Trinajstić information content (AvgIpc) is 3.21. The van der Waals surface area contributed by atoms with Crippen molar-refractivity contribution in [3.8, 4) is 11.8 Å². The number of H-pyrrole nitrogens is 1. The number of rotatable bonds is 4. The second-order valence-corrected chi connectivity index (χ2v) is 8.22. The van der Waals surface area contributed by atoms with Crippen molar-refractivity contribution in [1.29, 1.82) is 0 Å². The Morgan fingerprint density at radius 1 is 1.15 bits per heavy atom. The number of fused-ring (bicyclic) bond motifs is 1. The van der Waals surface area contributed by atoms with Gasteiger partial charge in [-0.3, -0.25) is 9.59 Å². The van der Waals surface area contributed by atoms with Crippen LogP contribution in [0, 0.1) is 25.7 Å². The SMILES string of the molecule is Cc1cc(C)c(CNC(=O)c2cc(C#Cc3ccccc3)nc3c2cnn3C(C)C)c(=O)[nH]1. The highest BCUT2D eigenvalue weighted by Gasteiger charge is 2.18. The highest BCUT2D eigenvalue weighted by Crippen LogP contribution is 2.21. The fraction of sp³-hybridized carbons (Fsp3) is 0.231. The Bertz CT molecular complexity index is 1450. The van der Waals surface area contributed by atoms with E-state index in [1.165, 1.54) is 0 Å². The molecule has 2 N–H and O–H groups in total. The maximum Gasteiger partial charge on any atom is 0.253 e. The number of pyridine rings is 2. The first kappa shape index (κ1) is 22.0. The summed E-state index contributed by atoms with van der Waals surface area (Å²) in [6.45, 7) is 7.81. The molecule has 3 heterocycles. The van der Waals surface area contributed by atoms with Crippen LogP contribution in [0.2, 0.25) is 0 Å². The van der Waals surface area contributed by atoms with Crippen LogP contribution >= 0.6 is 0 Å². The predicted molar refractivity (Wildman–Crippen MR) is 128 cm³/mol. The van der Waals surface area contributed by atoms with Gasteiger partial charge in [-0.1, -0.05) is 24.1 Å². The quantitative estimate of drug-likeness (QED) is 0.475. The minimum atomic E-state index is -0.312. The van der Waals surface area contributed by atoms with Crippen LogP contribution in [-0.2, 0) is 6.54 Å². The molecular weight excluding hydrogens is 414 g/mol. The van der Waals surface area contributed by atoms with Gasteiger partial charge in [0.1, 0.15) is 5.69 Å². The van der Waals surface area contributed by atoms with Crippen LogP contribution in [0.5, 0.6) is 0 Å². The average molecular weight is 440 g/mol. The number of aryl methyl sites for hydroxylation is 2. The van der Waals surface area contributed by atoms with Gasteiger partial charge in [0.2, 0.25) is 0 Å². The molecule has 3 aromatic heterocycles. The fourth-order valence-electron chi connectivity index (χ4n) is 3.67. The maximum absolute atomic E-state index is 13.2. The zero-order chi connectivity index (χ0) is 23.5. The van der Waals surface area contributed by atoms with Gasteiger partial charge in [0, 0.05) is 29.4 Å². The lowest BCUT2D eigenvalue weighted by Crippen LogP contribution is -2.28. The Kier molecular flexibility index (Phi) is 6.09. The van der Waals surface area contributed by atoms with E-state index in [1.807, 2.05) is 64.1 Å². The van der Waals surface area contributed by atoms with E-state index in [4.69, 9.17) is 0 Å². The van der Waals surface area contributed by atoms with Gasteiger partial charge in [-0.15, -0.1) is 0 Å². The molecule has 0 aliphatic rings. The second kappa shape index (κ2) is 9.13. The molecule has 7 heteroatoms. The number of hydrogen-bond donors (Lipinski definition) is 2. The van der Waals surface area contributed by atoms with Gasteiger partial charge >= 0.3 is 0 Å². The van der Waals surface area contributed by atoms with Crippen LogP contribution in [0.3, 0.4) is 0 Å². The molecule has 4 rings (SSSR count). The molecule has 166 valence electrons. The minimum absolute atomic E-state index is 0.0667. The van der Waals surface area contributed by atoms with E-state index in [1.54, 1.807) is 16.9 Å². The van der Waals surface area contributed by atoms with Crippen molar-refractivity contribution in [2.75, 3.05) is 0 Å². The molecule has 0 aliphatic heterocycles. The van der Waals surface area contributed by atoms with Gasteiger partial charge in [0.15, 0.2) is 5.65 Å². The molecule has 7 nitrogen and oxygen atoms in total. The summed E-state index contributed by atoms with van der Waals surface area (Å²) < 4.78 is 1.77. The van der Waals surface area contributed by atoms with Crippen LogP contribution in [0.4, 0.5) is 0 Å². The Hall–Kier alpha value is -4.18. The number of nitrogens with one attached hydrogen (secondary N) is 2. The number of carbonyl (C=O) groups is 1. The van der Waals surface area contributed by atoms with Crippen molar-refractivity contribution in [2.24, 2.45) is 0 Å². The molecule has 1 amide bonds. The van der Waals surface area contributed by atoms with Gasteiger partial charge in [0.05, 0.1) is 17.1 Å². The monoisotopic (exact) mass is 439 g/mol. The molecule has 0 fully saturated rings. The van der Waals surface area contributed by atoms with E-state index in [-0.39, 0.29) is 24.1 Å². The molecule has 0 aliphatic carbocycles. The first-order valence-corrected chi connectivity index (χ1v) is 10.8. The summed E-state index contributed by atoms with van der Waals surface area (Å²) in [7, 11) is 0. The van der Waals surface area contributed by atoms with Crippen molar-refractivity contribution in [3.05, 3.63) is 92.7 Å². The molecule has 4 aromatic rings. The third kappa shape index (κ3) is 4.70. The van der Waals surface area contributed by atoms with Crippen molar-refractivity contribution < 1.29 is 4.79 Å². The zero-order valence-corrected chi connectivity index (χ0v) is 19.1. The Balaban J connectivity index is 1.72. The van der Waals surface area contributed by atoms with Crippen molar-refractivity contribution in [1.82, 2.24) is 25.1 Å². The van der Waals surface area contributed by atoms with E-state index in [9.17, 15) is 9.59 Å². The number of amides is 1. The largest absolute Gasteiger partial charge is 0.348 e. The number of aromatic amines is 1. The fourth-order valence-corrected chi connectivity index (χ4v) is 3.67. The molecule has 33 heavy (non-hydrogen) atoms. The maximum atomic E-state index is 13.2. The molecule has 0 saturated heterocycles. The van der Waals surface area contributed by atoms with Gasteiger partial charge in [0.25, 0.3) is 11.5 Å². The highest BCUT2D eigenvalue weighted by atomic mass is 16.1. The Morgan fingerprint density at radius 2 is 1.91 bits per heavy atom. The van der Waals surface area contributed by atoms with Gasteiger partial charge in [-0.2, -0.15) is 5.10 Å². The third-order valence-corrected chi connectivity index (χ3v) is 5.33. The number of aromatic nitrogens is 4. The normalized spacial score (nSPS) is 10.8. The van der Waals surface area contributed by atoms with Crippen molar-refractivity contribution in [2.45, 2.75) is 40.3 Å². The Morgan fingerprint density at radius 3 is 2.61 bits per heavy atom. The van der Waals surface area contributed by atoms with Crippen molar-refractivity contribution in [3.63, 3.8) is 0 Å². The number of benzene rings is 1. The summed E-state index contributed by atoms with van der Waals surface area (Å²) in [6.07, 6.45) is 1.65. The molecular formula is C26H25N5O2. The van der Waals surface area contributed by atoms with Crippen LogP contribution < -0.4 is 10.9 Å². The minimum Gasteiger partial charge on any atom is -0.348 e. The molecule has 0 unspecified atom stereocenters. The summed E-state index contributed by atoms with van der Waals surface area (Å²) in [5.41, 5.74) is 4.30. The molecule has 1 aromatic carbocycles. The standard InChI is InChI=1S/C26H25N5O2/c1-16(2)31-24-23(15-28-31)21(13-20(30-24)11-10-19-8-6-5-7-9-19)25(32)27-14-22-17(3)12-18(4)29-26(22)33/h5-9,12-13,15-16H,14H2,1-4H3,(H,27,32)(H,29,33). The zero-order valence-electron chi connectivity index (χ0n) is 19.1. The van der Waals surface area contributed by atoms with E-state index in [0.29, 0.717) is 27.9 Å². The topological polar surface area (TPSA) is 92.7 Å². The summed E-state index contributed by atoms with van der Waals surface area (Å²) in [5, 5.41) is 7.94. The number of hydrogen-bond acceptors (Lipinski definition) is 4. The van der Waals surface area contributed by atoms with Gasteiger partial charge in [-0.25, -0.2) is 9.67 Å². The van der Waals surface area contributed by atoms with Crippen molar-refractivity contribution >= 4 is 16.9 Å². The van der Waals surface area contributed by atoms with Crippen LogP contribution in [0.15, 0.2) is 53.5 Å². The lowest BCUT2D eigenvalue weighted by atomic mass is 10.1. The first-order valence-electron chi connectivity index (χ1n) is 10.8. The van der Waals surface area contributed by atoms with Crippen LogP contribution in [0.25, 0.3) is 11.0 Å². The van der Waals surface area contributed by atoms with E-state index in [0.717, 1.165) is 16.8 Å².